The molecule has 3 heterocycles. The second-order valence-electron chi connectivity index (χ2n) is 8.61. The number of anilines is 2. The van der Waals surface area contributed by atoms with E-state index in [2.05, 4.69) is 34.1 Å². The van der Waals surface area contributed by atoms with Gasteiger partial charge in [0.1, 0.15) is 5.82 Å². The van der Waals surface area contributed by atoms with Gasteiger partial charge in [0.05, 0.1) is 18.6 Å². The predicted octanol–water partition coefficient (Wildman–Crippen LogP) is 1.43. The van der Waals surface area contributed by atoms with Gasteiger partial charge in [0, 0.05) is 37.9 Å². The average Bonchev–Trinajstić information content (AvgIpc) is 2.99. The highest BCUT2D eigenvalue weighted by Gasteiger charge is 2.36. The van der Waals surface area contributed by atoms with Crippen molar-refractivity contribution in [2.24, 2.45) is 5.41 Å². The quantitative estimate of drug-likeness (QED) is 0.769. The molecule has 150 valence electrons. The topological polar surface area (TPSA) is 90.8 Å². The summed E-state index contributed by atoms with van der Waals surface area (Å²) in [5, 5.41) is 13.1. The van der Waals surface area contributed by atoms with Crippen LogP contribution in [0.2, 0.25) is 0 Å². The summed E-state index contributed by atoms with van der Waals surface area (Å²) in [6.07, 6.45) is 2.80. The highest BCUT2D eigenvalue weighted by Crippen LogP contribution is 2.33. The Hall–Kier alpha value is -1.93. The van der Waals surface area contributed by atoms with Crippen LogP contribution >= 0.6 is 0 Å². The lowest BCUT2D eigenvalue weighted by molar-refractivity contribution is -0.142. The molecule has 2 fully saturated rings. The van der Waals surface area contributed by atoms with Crippen molar-refractivity contribution in [3.05, 3.63) is 11.8 Å². The molecule has 0 bridgehead atoms. The number of rotatable bonds is 6. The lowest BCUT2D eigenvalue weighted by atomic mass is 9.85. The second kappa shape index (κ2) is 7.59. The zero-order valence-electron chi connectivity index (χ0n) is 16.8. The summed E-state index contributed by atoms with van der Waals surface area (Å²) in [5.41, 5.74) is -0.239. The van der Waals surface area contributed by atoms with E-state index in [1.54, 1.807) is 20.0 Å². The standard InChI is InChI=1S/C19H31N5O3/c1-18(2,16(25)26)14-11-20-17(21-12-19(3)5-6-23(4)13-19)22-15(14)24-7-9-27-10-8-24/h11H,5-10,12-13H2,1-4H3,(H,25,26)(H,20,21,22). The van der Waals surface area contributed by atoms with Crippen LogP contribution in [0.1, 0.15) is 32.8 Å². The molecule has 0 spiro atoms. The molecule has 2 aliphatic heterocycles. The van der Waals surface area contributed by atoms with Crippen molar-refractivity contribution in [2.45, 2.75) is 32.6 Å². The van der Waals surface area contributed by atoms with Gasteiger partial charge in [-0.15, -0.1) is 0 Å². The van der Waals surface area contributed by atoms with E-state index in [4.69, 9.17) is 9.72 Å². The van der Waals surface area contributed by atoms with Crippen molar-refractivity contribution in [3.63, 3.8) is 0 Å². The molecule has 0 saturated carbocycles. The van der Waals surface area contributed by atoms with Crippen LogP contribution < -0.4 is 10.2 Å². The van der Waals surface area contributed by atoms with Crippen LogP contribution in [-0.4, -0.2) is 78.9 Å². The number of carbonyl (C=O) groups is 1. The first kappa shape index (κ1) is 19.8. The summed E-state index contributed by atoms with van der Waals surface area (Å²) in [6.45, 7) is 11.2. The van der Waals surface area contributed by atoms with E-state index in [0.29, 0.717) is 43.6 Å². The lowest BCUT2D eigenvalue weighted by Crippen LogP contribution is -2.40. The molecule has 27 heavy (non-hydrogen) atoms. The predicted molar refractivity (Wildman–Crippen MR) is 104 cm³/mol. The summed E-state index contributed by atoms with van der Waals surface area (Å²) >= 11 is 0. The van der Waals surface area contributed by atoms with Gasteiger partial charge in [-0.05, 0) is 39.3 Å². The molecule has 2 N–H and O–H groups in total. The third kappa shape index (κ3) is 4.32. The Morgan fingerprint density at radius 2 is 2.07 bits per heavy atom. The van der Waals surface area contributed by atoms with Gasteiger partial charge in [0.15, 0.2) is 0 Å². The van der Waals surface area contributed by atoms with E-state index in [1.807, 2.05) is 0 Å². The van der Waals surface area contributed by atoms with Crippen molar-refractivity contribution < 1.29 is 14.6 Å². The third-order valence-electron chi connectivity index (χ3n) is 5.71. The molecule has 0 aromatic carbocycles. The van der Waals surface area contributed by atoms with Crippen LogP contribution in [0.4, 0.5) is 11.8 Å². The molecule has 8 heteroatoms. The van der Waals surface area contributed by atoms with Crippen LogP contribution in [0.15, 0.2) is 6.20 Å². The molecule has 2 aliphatic rings. The fraction of sp³-hybridized carbons (Fsp3) is 0.737. The molecule has 1 atom stereocenters. The Labute approximate surface area is 160 Å². The normalized spacial score (nSPS) is 24.2. The second-order valence-corrected chi connectivity index (χ2v) is 8.61. The molecule has 8 nitrogen and oxygen atoms in total. The zero-order valence-corrected chi connectivity index (χ0v) is 16.8. The molecule has 1 aromatic heterocycles. The molecule has 1 unspecified atom stereocenters. The van der Waals surface area contributed by atoms with E-state index >= 15 is 0 Å². The van der Waals surface area contributed by atoms with Gasteiger partial charge in [-0.25, -0.2) is 4.98 Å². The first-order chi connectivity index (χ1) is 12.7. The van der Waals surface area contributed by atoms with Gasteiger partial charge in [0.2, 0.25) is 5.95 Å². The maximum Gasteiger partial charge on any atom is 0.313 e. The third-order valence-corrected chi connectivity index (χ3v) is 5.71. The number of ether oxygens (including phenoxy) is 1. The Bertz CT molecular complexity index is 690. The largest absolute Gasteiger partial charge is 0.481 e. The number of carboxylic acid groups (broad SMARTS) is 1. The number of likely N-dealkylation sites (tertiary alicyclic amines) is 1. The fourth-order valence-electron chi connectivity index (χ4n) is 3.74. The maximum absolute atomic E-state index is 11.8. The van der Waals surface area contributed by atoms with Crippen LogP contribution in [0.3, 0.4) is 0 Å². The number of hydrogen-bond acceptors (Lipinski definition) is 7. The smallest absolute Gasteiger partial charge is 0.313 e. The van der Waals surface area contributed by atoms with Crippen LogP contribution in [0, 0.1) is 5.41 Å². The number of carboxylic acids is 1. The van der Waals surface area contributed by atoms with E-state index in [-0.39, 0.29) is 5.41 Å². The number of morpholine rings is 1. The van der Waals surface area contributed by atoms with E-state index < -0.39 is 11.4 Å². The number of hydrogen-bond donors (Lipinski definition) is 2. The molecule has 0 radical (unpaired) electrons. The first-order valence-corrected chi connectivity index (χ1v) is 9.57. The summed E-state index contributed by atoms with van der Waals surface area (Å²) in [6, 6.07) is 0. The van der Waals surface area contributed by atoms with Gasteiger partial charge in [-0.3, -0.25) is 4.79 Å². The minimum absolute atomic E-state index is 0.191. The van der Waals surface area contributed by atoms with Gasteiger partial charge in [-0.2, -0.15) is 4.98 Å². The Morgan fingerprint density at radius 1 is 1.37 bits per heavy atom. The molecule has 3 rings (SSSR count). The summed E-state index contributed by atoms with van der Waals surface area (Å²) in [5.74, 6) is 0.358. The number of aliphatic carboxylic acids is 1. The van der Waals surface area contributed by atoms with E-state index in [1.165, 1.54) is 0 Å². The summed E-state index contributed by atoms with van der Waals surface area (Å²) in [4.78, 5) is 25.4. The van der Waals surface area contributed by atoms with Crippen molar-refractivity contribution in [1.29, 1.82) is 0 Å². The monoisotopic (exact) mass is 377 g/mol. The summed E-state index contributed by atoms with van der Waals surface area (Å²) in [7, 11) is 2.14. The van der Waals surface area contributed by atoms with Gasteiger partial charge in [-0.1, -0.05) is 6.92 Å². The molecule has 0 amide bonds. The number of aromatic nitrogens is 2. The SMILES string of the molecule is CN1CCC(C)(CNc2ncc(C(C)(C)C(=O)O)c(N3CCOCC3)n2)C1. The van der Waals surface area contributed by atoms with Crippen molar-refractivity contribution in [3.8, 4) is 0 Å². The Morgan fingerprint density at radius 3 is 2.67 bits per heavy atom. The van der Waals surface area contributed by atoms with Gasteiger partial charge in [0.25, 0.3) is 0 Å². The summed E-state index contributed by atoms with van der Waals surface area (Å²) < 4.78 is 5.44. The first-order valence-electron chi connectivity index (χ1n) is 9.57. The van der Waals surface area contributed by atoms with Crippen LogP contribution in [0.25, 0.3) is 0 Å². The Kier molecular flexibility index (Phi) is 5.58. The van der Waals surface area contributed by atoms with Crippen LogP contribution in [-0.2, 0) is 14.9 Å². The minimum Gasteiger partial charge on any atom is -0.481 e. The minimum atomic E-state index is -1.06. The van der Waals surface area contributed by atoms with E-state index in [0.717, 1.165) is 26.1 Å². The molecule has 0 aliphatic carbocycles. The van der Waals surface area contributed by atoms with E-state index in [9.17, 15) is 9.90 Å². The molecule has 1 aromatic rings. The van der Waals surface area contributed by atoms with Crippen molar-refractivity contribution in [1.82, 2.24) is 14.9 Å². The zero-order chi connectivity index (χ0) is 19.7. The molecule has 2 saturated heterocycles. The average molecular weight is 377 g/mol. The maximum atomic E-state index is 11.8. The number of nitrogens with one attached hydrogen (secondary N) is 1. The van der Waals surface area contributed by atoms with Gasteiger partial charge < -0.3 is 25.0 Å². The molecular weight excluding hydrogens is 346 g/mol. The highest BCUT2D eigenvalue weighted by molar-refractivity contribution is 5.82. The number of nitrogens with zero attached hydrogens (tertiary/aromatic N) is 4. The van der Waals surface area contributed by atoms with Crippen molar-refractivity contribution in [2.75, 3.05) is 63.2 Å². The highest BCUT2D eigenvalue weighted by atomic mass is 16.5. The lowest BCUT2D eigenvalue weighted by Gasteiger charge is -2.32. The molecular formula is C19H31N5O3. The fourth-order valence-corrected chi connectivity index (χ4v) is 3.74. The van der Waals surface area contributed by atoms with Crippen LogP contribution in [0.5, 0.6) is 0 Å². The van der Waals surface area contributed by atoms with Gasteiger partial charge >= 0.3 is 5.97 Å². The Balaban J connectivity index is 1.85. The van der Waals surface area contributed by atoms with Crippen molar-refractivity contribution >= 4 is 17.7 Å².